The van der Waals surface area contributed by atoms with Gasteiger partial charge >= 0.3 is 0 Å². The quantitative estimate of drug-likeness (QED) is 0.768. The van der Waals surface area contributed by atoms with E-state index in [9.17, 15) is 0 Å². The van der Waals surface area contributed by atoms with Gasteiger partial charge in [0.2, 0.25) is 0 Å². The molecule has 0 atom stereocenters. The van der Waals surface area contributed by atoms with Gasteiger partial charge in [0, 0.05) is 38.0 Å². The van der Waals surface area contributed by atoms with Crippen molar-refractivity contribution in [3.05, 3.63) is 29.8 Å². The highest BCUT2D eigenvalue weighted by atomic mass is 16.5. The van der Waals surface area contributed by atoms with Gasteiger partial charge in [-0.05, 0) is 25.0 Å². The standard InChI is InChI=1S/C15H22N2O2/c1-17-10-8-13(16-9-3-4-11-18)12-6-5-7-14(19-2)15(12)17/h5-8,16,18H,3-4,9-11H2,1-2H3. The van der Waals surface area contributed by atoms with E-state index in [1.165, 1.54) is 5.56 Å². The fraction of sp³-hybridized carbons (Fsp3) is 0.467. The van der Waals surface area contributed by atoms with Gasteiger partial charge in [-0.25, -0.2) is 0 Å². The predicted octanol–water partition coefficient (Wildman–Crippen LogP) is 1.85. The Bertz CT molecular complexity index is 457. The third-order valence-electron chi connectivity index (χ3n) is 3.36. The van der Waals surface area contributed by atoms with Crippen LogP contribution >= 0.6 is 0 Å². The van der Waals surface area contributed by atoms with Crippen LogP contribution in [0.1, 0.15) is 18.4 Å². The summed E-state index contributed by atoms with van der Waals surface area (Å²) in [5.41, 5.74) is 3.47. The molecule has 0 unspecified atom stereocenters. The Morgan fingerprint density at radius 1 is 1.37 bits per heavy atom. The largest absolute Gasteiger partial charge is 0.495 e. The molecule has 1 aromatic carbocycles. The molecule has 0 aromatic heterocycles. The molecule has 0 amide bonds. The molecule has 1 aromatic rings. The second-order valence-electron chi connectivity index (χ2n) is 4.71. The SMILES string of the molecule is COc1cccc2c1N(C)CC=C2NCCCCO. The molecule has 1 heterocycles. The van der Waals surface area contributed by atoms with Crippen molar-refractivity contribution in [3.63, 3.8) is 0 Å². The third kappa shape index (κ3) is 3.01. The second-order valence-corrected chi connectivity index (χ2v) is 4.71. The number of aliphatic hydroxyl groups is 1. The average molecular weight is 262 g/mol. The van der Waals surface area contributed by atoms with E-state index in [1.54, 1.807) is 7.11 Å². The molecule has 0 aliphatic carbocycles. The Balaban J connectivity index is 2.16. The van der Waals surface area contributed by atoms with Crippen LogP contribution in [0.3, 0.4) is 0 Å². The number of ether oxygens (including phenoxy) is 1. The first-order valence-electron chi connectivity index (χ1n) is 6.71. The number of fused-ring (bicyclic) bond motifs is 1. The number of benzene rings is 1. The van der Waals surface area contributed by atoms with Crippen LogP contribution in [0.2, 0.25) is 0 Å². The van der Waals surface area contributed by atoms with E-state index < -0.39 is 0 Å². The van der Waals surface area contributed by atoms with Crippen molar-refractivity contribution < 1.29 is 9.84 Å². The summed E-state index contributed by atoms with van der Waals surface area (Å²) in [6, 6.07) is 6.11. The molecule has 2 rings (SSSR count). The molecule has 0 fully saturated rings. The van der Waals surface area contributed by atoms with Gasteiger partial charge in [0.25, 0.3) is 0 Å². The number of rotatable bonds is 6. The second kappa shape index (κ2) is 6.48. The highest BCUT2D eigenvalue weighted by Gasteiger charge is 2.19. The number of unbranched alkanes of at least 4 members (excludes halogenated alkanes) is 1. The maximum absolute atomic E-state index is 8.80. The van der Waals surface area contributed by atoms with Crippen LogP contribution < -0.4 is 15.0 Å². The van der Waals surface area contributed by atoms with Crippen LogP contribution in [0.4, 0.5) is 5.69 Å². The fourth-order valence-electron chi connectivity index (χ4n) is 2.35. The summed E-state index contributed by atoms with van der Waals surface area (Å²) in [5.74, 6) is 0.905. The first-order chi connectivity index (χ1) is 9.27. The van der Waals surface area contributed by atoms with E-state index in [-0.39, 0.29) is 6.61 Å². The molecular formula is C15H22N2O2. The number of para-hydroxylation sites is 1. The van der Waals surface area contributed by atoms with Gasteiger partial charge in [0.15, 0.2) is 0 Å². The summed E-state index contributed by atoms with van der Waals surface area (Å²) in [6.07, 6.45) is 4.01. The monoisotopic (exact) mass is 262 g/mol. The first kappa shape index (κ1) is 13.7. The van der Waals surface area contributed by atoms with Crippen molar-refractivity contribution in [2.75, 3.05) is 38.8 Å². The number of hydrogen-bond donors (Lipinski definition) is 2. The highest BCUT2D eigenvalue weighted by Crippen LogP contribution is 2.37. The van der Waals surface area contributed by atoms with Gasteiger partial charge in [0.05, 0.1) is 12.8 Å². The number of anilines is 1. The van der Waals surface area contributed by atoms with Crippen molar-refractivity contribution in [2.45, 2.75) is 12.8 Å². The van der Waals surface area contributed by atoms with Crippen LogP contribution in [0, 0.1) is 0 Å². The maximum atomic E-state index is 8.80. The molecule has 0 saturated heterocycles. The Morgan fingerprint density at radius 2 is 2.21 bits per heavy atom. The Morgan fingerprint density at radius 3 is 2.95 bits per heavy atom. The van der Waals surface area contributed by atoms with Crippen LogP contribution in [-0.2, 0) is 0 Å². The topological polar surface area (TPSA) is 44.7 Å². The lowest BCUT2D eigenvalue weighted by Gasteiger charge is -2.29. The third-order valence-corrected chi connectivity index (χ3v) is 3.36. The molecule has 4 nitrogen and oxygen atoms in total. The van der Waals surface area contributed by atoms with Gasteiger partial charge in [-0.15, -0.1) is 0 Å². The molecule has 1 aliphatic heterocycles. The molecule has 2 N–H and O–H groups in total. The van der Waals surface area contributed by atoms with Crippen LogP contribution in [0.5, 0.6) is 5.75 Å². The number of aliphatic hydroxyl groups excluding tert-OH is 1. The number of methoxy groups -OCH3 is 1. The van der Waals surface area contributed by atoms with E-state index in [2.05, 4.69) is 29.4 Å². The number of nitrogens with zero attached hydrogens (tertiary/aromatic N) is 1. The van der Waals surface area contributed by atoms with Crippen LogP contribution in [0.25, 0.3) is 5.70 Å². The van der Waals surface area contributed by atoms with E-state index in [0.29, 0.717) is 0 Å². The molecular weight excluding hydrogens is 240 g/mol. The molecule has 4 heteroatoms. The average Bonchev–Trinajstić information content (AvgIpc) is 2.45. The summed E-state index contributed by atoms with van der Waals surface area (Å²) in [5, 5.41) is 12.3. The lowest BCUT2D eigenvalue weighted by Crippen LogP contribution is -2.27. The van der Waals surface area contributed by atoms with Crippen molar-refractivity contribution in [1.82, 2.24) is 5.32 Å². The lowest BCUT2D eigenvalue weighted by molar-refractivity contribution is 0.284. The minimum Gasteiger partial charge on any atom is -0.495 e. The van der Waals surface area contributed by atoms with Crippen LogP contribution in [-0.4, -0.2) is 39.0 Å². The van der Waals surface area contributed by atoms with Gasteiger partial charge in [-0.3, -0.25) is 0 Å². The fourth-order valence-corrected chi connectivity index (χ4v) is 2.35. The van der Waals surface area contributed by atoms with E-state index in [4.69, 9.17) is 9.84 Å². The summed E-state index contributed by atoms with van der Waals surface area (Å²) in [6.45, 7) is 2.01. The molecule has 0 spiro atoms. The molecule has 0 bridgehead atoms. The molecule has 104 valence electrons. The number of hydrogen-bond acceptors (Lipinski definition) is 4. The van der Waals surface area contributed by atoms with Gasteiger partial charge in [-0.2, -0.15) is 0 Å². The minimum absolute atomic E-state index is 0.258. The summed E-state index contributed by atoms with van der Waals surface area (Å²) < 4.78 is 5.44. The maximum Gasteiger partial charge on any atom is 0.142 e. The van der Waals surface area contributed by atoms with Gasteiger partial charge in [-0.1, -0.05) is 12.1 Å². The van der Waals surface area contributed by atoms with Crippen molar-refractivity contribution in [1.29, 1.82) is 0 Å². The van der Waals surface area contributed by atoms with Crippen LogP contribution in [0.15, 0.2) is 24.3 Å². The predicted molar refractivity (Wildman–Crippen MR) is 78.6 cm³/mol. The zero-order valence-corrected chi connectivity index (χ0v) is 11.6. The summed E-state index contributed by atoms with van der Waals surface area (Å²) >= 11 is 0. The lowest BCUT2D eigenvalue weighted by atomic mass is 10.0. The van der Waals surface area contributed by atoms with E-state index in [0.717, 1.165) is 43.1 Å². The Labute approximate surface area is 114 Å². The Kier molecular flexibility index (Phi) is 4.68. The zero-order valence-electron chi connectivity index (χ0n) is 11.6. The van der Waals surface area contributed by atoms with Gasteiger partial charge < -0.3 is 20.1 Å². The first-order valence-corrected chi connectivity index (χ1v) is 6.71. The Hall–Kier alpha value is -1.68. The number of likely N-dealkylation sites (N-methyl/N-ethyl adjacent to an activating group) is 1. The molecule has 0 saturated carbocycles. The minimum atomic E-state index is 0.258. The van der Waals surface area contributed by atoms with E-state index in [1.807, 2.05) is 12.1 Å². The van der Waals surface area contributed by atoms with Crippen molar-refractivity contribution in [2.24, 2.45) is 0 Å². The smallest absolute Gasteiger partial charge is 0.142 e. The zero-order chi connectivity index (χ0) is 13.7. The van der Waals surface area contributed by atoms with Crippen molar-refractivity contribution in [3.8, 4) is 5.75 Å². The normalized spacial score (nSPS) is 13.8. The molecule has 1 aliphatic rings. The van der Waals surface area contributed by atoms with E-state index >= 15 is 0 Å². The molecule has 0 radical (unpaired) electrons. The summed E-state index contributed by atoms with van der Waals surface area (Å²) in [4.78, 5) is 2.19. The summed E-state index contributed by atoms with van der Waals surface area (Å²) in [7, 11) is 3.77. The molecule has 19 heavy (non-hydrogen) atoms. The number of nitrogens with one attached hydrogen (secondary N) is 1. The van der Waals surface area contributed by atoms with Crippen molar-refractivity contribution >= 4 is 11.4 Å². The highest BCUT2D eigenvalue weighted by molar-refractivity contribution is 5.82. The van der Waals surface area contributed by atoms with Gasteiger partial charge in [0.1, 0.15) is 5.75 Å².